The second-order valence-corrected chi connectivity index (χ2v) is 7.19. The van der Waals surface area contributed by atoms with Crippen LogP contribution in [0, 0.1) is 5.82 Å². The van der Waals surface area contributed by atoms with Crippen molar-refractivity contribution in [3.8, 4) is 5.75 Å². The van der Waals surface area contributed by atoms with Crippen LogP contribution in [-0.2, 0) is 9.59 Å². The highest BCUT2D eigenvalue weighted by Crippen LogP contribution is 2.29. The van der Waals surface area contributed by atoms with Crippen molar-refractivity contribution in [2.75, 3.05) is 42.6 Å². The number of imide groups is 1. The monoisotopic (exact) mass is 397 g/mol. The third-order valence-corrected chi connectivity index (χ3v) is 5.48. The quantitative estimate of drug-likeness (QED) is 0.726. The molecular formula is C22H24FN3O3. The number of nitrogens with zero attached hydrogens (tertiary/aromatic N) is 3. The zero-order valence-electron chi connectivity index (χ0n) is 16.4. The van der Waals surface area contributed by atoms with Gasteiger partial charge in [0.1, 0.15) is 11.6 Å². The van der Waals surface area contributed by atoms with Crippen LogP contribution in [0.4, 0.5) is 15.8 Å². The van der Waals surface area contributed by atoms with Crippen LogP contribution in [0.15, 0.2) is 48.5 Å². The molecule has 0 radical (unpaired) electrons. The Balaban J connectivity index is 1.42. The van der Waals surface area contributed by atoms with E-state index in [1.807, 2.05) is 22.8 Å². The second kappa shape index (κ2) is 8.21. The van der Waals surface area contributed by atoms with E-state index < -0.39 is 6.04 Å². The Morgan fingerprint density at radius 3 is 2.34 bits per heavy atom. The average Bonchev–Trinajstić information content (AvgIpc) is 3.03. The van der Waals surface area contributed by atoms with E-state index in [9.17, 15) is 14.0 Å². The molecule has 2 aliphatic rings. The van der Waals surface area contributed by atoms with Gasteiger partial charge < -0.3 is 9.64 Å². The fourth-order valence-electron chi connectivity index (χ4n) is 4.01. The van der Waals surface area contributed by atoms with E-state index in [0.29, 0.717) is 49.9 Å². The van der Waals surface area contributed by atoms with Crippen molar-refractivity contribution < 1.29 is 18.7 Å². The predicted molar refractivity (Wildman–Crippen MR) is 109 cm³/mol. The molecule has 2 heterocycles. The van der Waals surface area contributed by atoms with Crippen molar-refractivity contribution >= 4 is 23.2 Å². The molecule has 0 saturated carbocycles. The number of benzene rings is 2. The van der Waals surface area contributed by atoms with Crippen LogP contribution in [0.5, 0.6) is 5.75 Å². The van der Waals surface area contributed by atoms with Crippen LogP contribution >= 0.6 is 0 Å². The first kappa shape index (κ1) is 19.4. The molecule has 0 aliphatic carbocycles. The number of para-hydroxylation sites is 1. The first-order valence-corrected chi connectivity index (χ1v) is 9.91. The highest BCUT2D eigenvalue weighted by molar-refractivity contribution is 6.22. The van der Waals surface area contributed by atoms with E-state index in [2.05, 4.69) is 0 Å². The summed E-state index contributed by atoms with van der Waals surface area (Å²) < 4.78 is 19.5. The van der Waals surface area contributed by atoms with Gasteiger partial charge in [-0.15, -0.1) is 0 Å². The zero-order valence-corrected chi connectivity index (χ0v) is 16.4. The lowest BCUT2D eigenvalue weighted by Gasteiger charge is -2.38. The molecule has 0 bridgehead atoms. The fraction of sp³-hybridized carbons (Fsp3) is 0.364. The number of halogens is 1. The molecule has 0 aromatic heterocycles. The van der Waals surface area contributed by atoms with Gasteiger partial charge in [-0.3, -0.25) is 14.5 Å². The van der Waals surface area contributed by atoms with Gasteiger partial charge in [-0.1, -0.05) is 12.1 Å². The molecule has 2 fully saturated rings. The van der Waals surface area contributed by atoms with E-state index in [0.717, 1.165) is 0 Å². The van der Waals surface area contributed by atoms with E-state index in [1.54, 1.807) is 36.4 Å². The molecule has 7 heteroatoms. The van der Waals surface area contributed by atoms with E-state index in [4.69, 9.17) is 4.74 Å². The number of carbonyl (C=O) groups excluding carboxylic acids is 2. The minimum absolute atomic E-state index is 0.172. The predicted octanol–water partition coefficient (Wildman–Crippen LogP) is 2.68. The Morgan fingerprint density at radius 2 is 1.69 bits per heavy atom. The lowest BCUT2D eigenvalue weighted by Crippen LogP contribution is -2.52. The van der Waals surface area contributed by atoms with Crippen LogP contribution in [0.2, 0.25) is 0 Å². The summed E-state index contributed by atoms with van der Waals surface area (Å²) in [5, 5.41) is 0. The molecular weight excluding hydrogens is 373 g/mol. The number of piperazine rings is 1. The minimum Gasteiger partial charge on any atom is -0.494 e. The molecule has 2 aromatic carbocycles. The summed E-state index contributed by atoms with van der Waals surface area (Å²) in [6.07, 6.45) is 0.172. The summed E-state index contributed by atoms with van der Waals surface area (Å²) in [5.41, 5.74) is 1.15. The number of hydrogen-bond acceptors (Lipinski definition) is 5. The van der Waals surface area contributed by atoms with Gasteiger partial charge in [-0.25, -0.2) is 9.29 Å². The molecule has 1 atom stereocenters. The van der Waals surface area contributed by atoms with Crippen molar-refractivity contribution in [1.82, 2.24) is 4.90 Å². The third kappa shape index (κ3) is 3.82. The first-order chi connectivity index (χ1) is 14.1. The molecule has 2 saturated heterocycles. The summed E-state index contributed by atoms with van der Waals surface area (Å²) in [6.45, 7) is 4.90. The summed E-state index contributed by atoms with van der Waals surface area (Å²) in [7, 11) is 0. The molecule has 0 N–H and O–H groups in total. The largest absolute Gasteiger partial charge is 0.494 e. The van der Waals surface area contributed by atoms with Gasteiger partial charge in [0.05, 0.1) is 30.4 Å². The van der Waals surface area contributed by atoms with Crippen molar-refractivity contribution in [2.45, 2.75) is 19.4 Å². The van der Waals surface area contributed by atoms with Gasteiger partial charge in [0.15, 0.2) is 0 Å². The highest BCUT2D eigenvalue weighted by atomic mass is 19.1. The highest BCUT2D eigenvalue weighted by Gasteiger charge is 2.43. The molecule has 6 nitrogen and oxygen atoms in total. The third-order valence-electron chi connectivity index (χ3n) is 5.48. The Morgan fingerprint density at radius 1 is 1.00 bits per heavy atom. The second-order valence-electron chi connectivity index (χ2n) is 7.19. The molecule has 0 spiro atoms. The number of anilines is 2. The summed E-state index contributed by atoms with van der Waals surface area (Å²) in [4.78, 5) is 30.8. The fourth-order valence-corrected chi connectivity index (χ4v) is 4.01. The van der Waals surface area contributed by atoms with E-state index in [1.165, 1.54) is 11.0 Å². The number of ether oxygens (including phenoxy) is 1. The van der Waals surface area contributed by atoms with Gasteiger partial charge >= 0.3 is 0 Å². The molecule has 2 amide bonds. The first-order valence-electron chi connectivity index (χ1n) is 9.91. The number of hydrogen-bond donors (Lipinski definition) is 0. The Kier molecular flexibility index (Phi) is 5.49. The summed E-state index contributed by atoms with van der Waals surface area (Å²) in [6, 6.07) is 13.2. The van der Waals surface area contributed by atoms with Crippen LogP contribution in [0.1, 0.15) is 13.3 Å². The number of amides is 2. The Hall–Kier alpha value is -2.93. The van der Waals surface area contributed by atoms with Crippen molar-refractivity contribution in [1.29, 1.82) is 0 Å². The van der Waals surface area contributed by atoms with Crippen molar-refractivity contribution in [3.63, 3.8) is 0 Å². The SMILES string of the molecule is CCOc1ccc(N2C(=O)C[C@@H](N3CCN(c4ccccc4F)CC3)C2=O)cc1. The van der Waals surface area contributed by atoms with Crippen molar-refractivity contribution in [2.24, 2.45) is 0 Å². The Labute approximate surface area is 169 Å². The maximum absolute atomic E-state index is 14.0. The van der Waals surface area contributed by atoms with Crippen LogP contribution < -0.4 is 14.5 Å². The topological polar surface area (TPSA) is 53.1 Å². The maximum Gasteiger partial charge on any atom is 0.251 e. The van der Waals surface area contributed by atoms with Crippen LogP contribution in [-0.4, -0.2) is 55.5 Å². The van der Waals surface area contributed by atoms with Crippen LogP contribution in [0.3, 0.4) is 0 Å². The normalized spacial score (nSPS) is 20.4. The van der Waals surface area contributed by atoms with Gasteiger partial charge in [0.25, 0.3) is 5.91 Å². The molecule has 4 rings (SSSR count). The van der Waals surface area contributed by atoms with E-state index >= 15 is 0 Å². The van der Waals surface area contributed by atoms with Crippen molar-refractivity contribution in [3.05, 3.63) is 54.3 Å². The number of carbonyl (C=O) groups is 2. The van der Waals surface area contributed by atoms with Crippen LogP contribution in [0.25, 0.3) is 0 Å². The Bertz CT molecular complexity index is 894. The lowest BCUT2D eigenvalue weighted by atomic mass is 10.1. The smallest absolute Gasteiger partial charge is 0.251 e. The minimum atomic E-state index is -0.461. The molecule has 0 unspecified atom stereocenters. The van der Waals surface area contributed by atoms with Gasteiger partial charge in [-0.05, 0) is 43.3 Å². The summed E-state index contributed by atoms with van der Waals surface area (Å²) >= 11 is 0. The maximum atomic E-state index is 14.0. The zero-order chi connectivity index (χ0) is 20.4. The van der Waals surface area contributed by atoms with Gasteiger partial charge in [0.2, 0.25) is 5.91 Å². The van der Waals surface area contributed by atoms with Gasteiger partial charge in [0, 0.05) is 26.2 Å². The number of rotatable bonds is 5. The molecule has 29 heavy (non-hydrogen) atoms. The molecule has 152 valence electrons. The van der Waals surface area contributed by atoms with Gasteiger partial charge in [-0.2, -0.15) is 0 Å². The standard InChI is InChI=1S/C22H24FN3O3/c1-2-29-17-9-7-16(8-10-17)26-21(27)15-20(22(26)28)25-13-11-24(12-14-25)19-6-4-3-5-18(19)23/h3-10,20H,2,11-15H2,1H3/t20-/m1/s1. The van der Waals surface area contributed by atoms with E-state index in [-0.39, 0.29) is 24.1 Å². The summed E-state index contributed by atoms with van der Waals surface area (Å²) in [5.74, 6) is 0.0742. The average molecular weight is 397 g/mol. The molecule has 2 aromatic rings. The lowest BCUT2D eigenvalue weighted by molar-refractivity contribution is -0.123. The molecule has 2 aliphatic heterocycles.